The molecule has 0 unspecified atom stereocenters. The van der Waals surface area contributed by atoms with Crippen LogP contribution in [0.4, 0.5) is 0 Å². The molecule has 0 fully saturated rings. The van der Waals surface area contributed by atoms with Gasteiger partial charge in [-0.3, -0.25) is 0 Å². The zero-order valence-electron chi connectivity index (χ0n) is 22.1. The van der Waals surface area contributed by atoms with E-state index >= 15 is 0 Å². The van der Waals surface area contributed by atoms with E-state index in [9.17, 15) is 0 Å². The molecule has 2 aromatic carbocycles. The van der Waals surface area contributed by atoms with Crippen LogP contribution in [0.1, 0.15) is 6.92 Å². The van der Waals surface area contributed by atoms with Gasteiger partial charge in [0, 0.05) is 31.8 Å². The van der Waals surface area contributed by atoms with Crippen LogP contribution in [0.25, 0.3) is 0 Å². The molecular formula is C30H33Cl2NO3P2RuS. The van der Waals surface area contributed by atoms with Gasteiger partial charge in [0.1, 0.15) is 0 Å². The summed E-state index contributed by atoms with van der Waals surface area (Å²) in [5, 5.41) is 2.77. The molecule has 214 valence electrons. The third-order valence-corrected chi connectivity index (χ3v) is 15.5. The summed E-state index contributed by atoms with van der Waals surface area (Å²) in [7, 11) is -0.245. The average molecular weight is 722 g/mol. The molecule has 0 saturated carbocycles. The van der Waals surface area contributed by atoms with Crippen LogP contribution in [-0.4, -0.2) is 30.8 Å². The molecule has 3 heterocycles. The third-order valence-electron chi connectivity index (χ3n) is 5.95. The van der Waals surface area contributed by atoms with Crippen molar-refractivity contribution in [2.45, 2.75) is 6.92 Å². The topological polar surface area (TPSA) is 51.5 Å². The van der Waals surface area contributed by atoms with Crippen molar-refractivity contribution in [2.75, 3.05) is 30.8 Å². The summed E-state index contributed by atoms with van der Waals surface area (Å²) in [5.74, 6) is 2.42. The van der Waals surface area contributed by atoms with E-state index in [0.29, 0.717) is 16.5 Å². The first-order chi connectivity index (χ1) is 19.0. The van der Waals surface area contributed by atoms with Crippen LogP contribution in [0.3, 0.4) is 0 Å². The Hall–Kier alpha value is -1.35. The van der Waals surface area contributed by atoms with E-state index in [-0.39, 0.29) is 27.4 Å². The van der Waals surface area contributed by atoms with E-state index < -0.39 is 5.31 Å². The van der Waals surface area contributed by atoms with Gasteiger partial charge >= 0.3 is 113 Å². The second kappa shape index (κ2) is 16.3. The minimum atomic E-state index is -3.77. The van der Waals surface area contributed by atoms with Gasteiger partial charge in [0.05, 0.1) is 0 Å². The van der Waals surface area contributed by atoms with Gasteiger partial charge in [-0.15, -0.1) is 0 Å². The molecule has 0 aliphatic heterocycles. The molecule has 0 bridgehead atoms. The first-order valence-corrected chi connectivity index (χ1v) is 19.5. The molecule has 0 atom stereocenters. The third kappa shape index (κ3) is 8.14. The smallest absolute Gasteiger partial charge is 0 e. The SMILES string of the molecule is CCSCCNCCP(c1ccccc1)c1ccccc1.ClP(Cl)(c1ccco1)(c1ccco1)c1ccco1.[Ru]. The number of furan rings is 3. The van der Waals surface area contributed by atoms with Gasteiger partial charge in [0.15, 0.2) is 0 Å². The first-order valence-electron chi connectivity index (χ1n) is 12.8. The summed E-state index contributed by atoms with van der Waals surface area (Å²) >= 11 is 15.6. The van der Waals surface area contributed by atoms with Crippen LogP contribution >= 0.6 is 47.5 Å². The van der Waals surface area contributed by atoms with E-state index in [4.69, 9.17) is 35.7 Å². The van der Waals surface area contributed by atoms with Gasteiger partial charge in [-0.2, -0.15) is 11.8 Å². The molecule has 0 radical (unpaired) electrons. The molecular weight excluding hydrogens is 688 g/mol. The van der Waals surface area contributed by atoms with Crippen LogP contribution in [-0.2, 0) is 19.5 Å². The zero-order valence-corrected chi connectivity index (χ0v) is 28.0. The van der Waals surface area contributed by atoms with Crippen molar-refractivity contribution in [2.24, 2.45) is 0 Å². The van der Waals surface area contributed by atoms with Crippen LogP contribution in [0.15, 0.2) is 129 Å². The molecule has 4 nitrogen and oxygen atoms in total. The molecule has 3 aromatic heterocycles. The number of halogens is 2. The van der Waals surface area contributed by atoms with Crippen molar-refractivity contribution >= 4 is 74.6 Å². The molecule has 0 aliphatic carbocycles. The van der Waals surface area contributed by atoms with E-state index in [1.807, 2.05) is 11.8 Å². The van der Waals surface area contributed by atoms with Crippen LogP contribution in [0.2, 0.25) is 0 Å². The van der Waals surface area contributed by atoms with E-state index in [1.54, 1.807) is 36.4 Å². The molecule has 10 heteroatoms. The maximum absolute atomic E-state index is 6.81. The van der Waals surface area contributed by atoms with E-state index in [1.165, 1.54) is 47.1 Å². The Morgan fingerprint density at radius 2 is 1.12 bits per heavy atom. The molecule has 5 rings (SSSR count). The summed E-state index contributed by atoms with van der Waals surface area (Å²) in [6, 6.07) is 32.2. The molecule has 0 spiro atoms. The molecule has 40 heavy (non-hydrogen) atoms. The van der Waals surface area contributed by atoms with Crippen molar-refractivity contribution < 1.29 is 32.7 Å². The Labute approximate surface area is 264 Å². The number of rotatable bonds is 12. The molecule has 1 N–H and O–H groups in total. The fourth-order valence-electron chi connectivity index (χ4n) is 4.03. The van der Waals surface area contributed by atoms with Crippen molar-refractivity contribution in [1.29, 1.82) is 0 Å². The Morgan fingerprint density at radius 1 is 0.675 bits per heavy atom. The number of nitrogens with one attached hydrogen (secondary N) is 1. The zero-order chi connectivity index (χ0) is 27.4. The summed E-state index contributed by atoms with van der Waals surface area (Å²) in [6.07, 6.45) is 5.77. The summed E-state index contributed by atoms with van der Waals surface area (Å²) in [4.78, 5) is 0. The average Bonchev–Trinajstić information content (AvgIpc) is 3.79. The fourth-order valence-corrected chi connectivity index (χ4v) is 11.0. The van der Waals surface area contributed by atoms with Gasteiger partial charge in [-0.1, -0.05) is 67.6 Å². The standard InChI is InChI=1S/C18H24NPS.C12H9Cl2O3P.Ru/c1-2-21-16-14-19-13-15-20(17-9-5-3-6-10-17)18-11-7-4-8-12-18;13-18(14,10-4-1-7-15-10,11-5-2-8-16-11)12-6-3-9-17-12;/h3-12,19H,2,13-16H2,1H3;1-9H;. The Morgan fingerprint density at radius 3 is 1.50 bits per heavy atom. The quantitative estimate of drug-likeness (QED) is 0.0850. The maximum Gasteiger partial charge on any atom is 0 e. The monoisotopic (exact) mass is 721 g/mol. The summed E-state index contributed by atoms with van der Waals surface area (Å²) < 4.78 is 16.3. The van der Waals surface area contributed by atoms with Crippen LogP contribution in [0, 0.1) is 0 Å². The Balaban J connectivity index is 0.000000217. The first kappa shape index (κ1) is 33.2. The number of hydrogen-bond donors (Lipinski definition) is 1. The second-order valence-electron chi connectivity index (χ2n) is 8.53. The molecule has 0 saturated heterocycles. The normalized spacial score (nSPS) is 12.2. The van der Waals surface area contributed by atoms with Crippen molar-refractivity contribution in [1.82, 2.24) is 5.32 Å². The molecule has 0 amide bonds. The van der Waals surface area contributed by atoms with Gasteiger partial charge in [-0.05, 0) is 37.0 Å². The Kier molecular flexibility index (Phi) is 13.5. The summed E-state index contributed by atoms with van der Waals surface area (Å²) in [5.41, 5.74) is 1.32. The minimum Gasteiger partial charge on any atom is 0 e. The number of hydrogen-bond acceptors (Lipinski definition) is 5. The minimum absolute atomic E-state index is 0. The summed E-state index contributed by atoms with van der Waals surface area (Å²) in [6.45, 7) is 4.43. The number of thioether (sulfide) groups is 1. The number of benzene rings is 2. The van der Waals surface area contributed by atoms with Gasteiger partial charge in [-0.25, -0.2) is 0 Å². The van der Waals surface area contributed by atoms with Gasteiger partial charge in [0.25, 0.3) is 0 Å². The van der Waals surface area contributed by atoms with Crippen molar-refractivity contribution in [3.05, 3.63) is 116 Å². The van der Waals surface area contributed by atoms with E-state index in [2.05, 4.69) is 72.9 Å². The predicted molar refractivity (Wildman–Crippen MR) is 173 cm³/mol. The van der Waals surface area contributed by atoms with Gasteiger partial charge in [0.2, 0.25) is 0 Å². The van der Waals surface area contributed by atoms with Crippen LogP contribution in [0.5, 0.6) is 0 Å². The Bertz CT molecular complexity index is 1210. The van der Waals surface area contributed by atoms with Crippen molar-refractivity contribution in [3.63, 3.8) is 0 Å². The molecule has 0 aliphatic rings. The van der Waals surface area contributed by atoms with Crippen molar-refractivity contribution in [3.8, 4) is 0 Å². The van der Waals surface area contributed by atoms with E-state index in [0.717, 1.165) is 13.1 Å². The van der Waals surface area contributed by atoms with Crippen LogP contribution < -0.4 is 32.4 Å². The largest absolute Gasteiger partial charge is 0 e. The second-order valence-corrected chi connectivity index (χ2v) is 20.0. The van der Waals surface area contributed by atoms with Gasteiger partial charge < -0.3 is 5.32 Å². The fraction of sp³-hybridized carbons (Fsp3) is 0.200. The maximum atomic E-state index is 6.81. The molecule has 5 aromatic rings. The predicted octanol–water partition coefficient (Wildman–Crippen LogP) is 7.06.